The summed E-state index contributed by atoms with van der Waals surface area (Å²) in [5.74, 6) is 0.726. The molecule has 7 nitrogen and oxygen atoms in total. The van der Waals surface area contributed by atoms with Crippen molar-refractivity contribution in [3.8, 4) is 17.0 Å². The van der Waals surface area contributed by atoms with Gasteiger partial charge in [0.25, 0.3) is 0 Å². The van der Waals surface area contributed by atoms with Crippen LogP contribution in [0.5, 0.6) is 5.75 Å². The summed E-state index contributed by atoms with van der Waals surface area (Å²) in [6.07, 6.45) is 5.93. The van der Waals surface area contributed by atoms with Gasteiger partial charge < -0.3 is 19.4 Å². The molecule has 1 spiro atoms. The Labute approximate surface area is 195 Å². The second kappa shape index (κ2) is 9.21. The van der Waals surface area contributed by atoms with Crippen LogP contribution in [0.4, 0.5) is 4.79 Å². The number of nitrogens with one attached hydrogen (secondary N) is 1. The molecule has 0 atom stereocenters. The Bertz CT molecular complexity index is 1050. The third-order valence-electron chi connectivity index (χ3n) is 6.73. The van der Waals surface area contributed by atoms with E-state index in [1.807, 2.05) is 56.1 Å². The Morgan fingerprint density at radius 3 is 2.55 bits per heavy atom. The molecule has 2 aromatic rings. The number of aromatic nitrogens is 1. The third-order valence-corrected chi connectivity index (χ3v) is 6.73. The van der Waals surface area contributed by atoms with Crippen molar-refractivity contribution < 1.29 is 14.3 Å². The molecule has 1 amide bonds. The number of carbonyl (C=O) groups is 1. The van der Waals surface area contributed by atoms with Crippen molar-refractivity contribution in [1.29, 1.82) is 0 Å². The third kappa shape index (κ3) is 5.08. The van der Waals surface area contributed by atoms with Gasteiger partial charge in [0.05, 0.1) is 12.8 Å². The molecule has 2 heterocycles. The van der Waals surface area contributed by atoms with Crippen molar-refractivity contribution in [1.82, 2.24) is 14.8 Å². The summed E-state index contributed by atoms with van der Waals surface area (Å²) >= 11 is 0. The van der Waals surface area contributed by atoms with Gasteiger partial charge in [-0.1, -0.05) is 25.0 Å². The molecule has 0 bridgehead atoms. The first-order chi connectivity index (χ1) is 15.7. The Morgan fingerprint density at radius 1 is 1.15 bits per heavy atom. The molecule has 1 saturated heterocycles. The number of nitrogens with zero attached hydrogens (tertiary/aromatic N) is 2. The summed E-state index contributed by atoms with van der Waals surface area (Å²) < 4.78 is 11.1. The molecule has 1 N–H and O–H groups in total. The van der Waals surface area contributed by atoms with E-state index in [0.717, 1.165) is 54.8 Å². The van der Waals surface area contributed by atoms with Crippen LogP contribution in [0.25, 0.3) is 11.3 Å². The number of pyridine rings is 1. The number of para-hydroxylation sites is 1. The van der Waals surface area contributed by atoms with E-state index >= 15 is 0 Å². The minimum absolute atomic E-state index is 0.0115. The van der Waals surface area contributed by atoms with Gasteiger partial charge in [-0.05, 0) is 45.7 Å². The van der Waals surface area contributed by atoms with E-state index in [9.17, 15) is 9.59 Å². The quantitative estimate of drug-likeness (QED) is 0.742. The fourth-order valence-electron chi connectivity index (χ4n) is 5.10. The number of methoxy groups -OCH3 is 1. The smallest absolute Gasteiger partial charge is 0.410 e. The molecule has 1 aromatic carbocycles. The highest BCUT2D eigenvalue weighted by Gasteiger charge is 2.45. The average molecular weight is 454 g/mol. The maximum absolute atomic E-state index is 13.0. The predicted molar refractivity (Wildman–Crippen MR) is 128 cm³/mol. The van der Waals surface area contributed by atoms with Gasteiger partial charge in [-0.2, -0.15) is 0 Å². The van der Waals surface area contributed by atoms with Gasteiger partial charge in [0, 0.05) is 55.1 Å². The first-order valence-corrected chi connectivity index (χ1v) is 11.8. The number of amides is 1. The van der Waals surface area contributed by atoms with E-state index in [2.05, 4.69) is 9.88 Å². The number of aromatic amines is 1. The highest BCUT2D eigenvalue weighted by molar-refractivity contribution is 5.68. The van der Waals surface area contributed by atoms with Gasteiger partial charge >= 0.3 is 6.09 Å². The van der Waals surface area contributed by atoms with E-state index in [0.29, 0.717) is 19.6 Å². The Morgan fingerprint density at radius 2 is 1.88 bits per heavy atom. The minimum atomic E-state index is -0.506. The standard InChI is InChI=1S/C26H35N3O4/c1-25(2,3)33-24(31)28-13-14-29(26(18-28)11-7-8-12-26)17-19-16-27-21(15-22(19)30)20-9-5-6-10-23(20)32-4/h5-6,9-10,15-16H,7-8,11-14,17-18H2,1-4H3,(H,27,30). The van der Waals surface area contributed by atoms with E-state index in [4.69, 9.17) is 9.47 Å². The Balaban J connectivity index is 1.53. The van der Waals surface area contributed by atoms with Gasteiger partial charge in [-0.15, -0.1) is 0 Å². The molecule has 33 heavy (non-hydrogen) atoms. The molecule has 1 aromatic heterocycles. The van der Waals surface area contributed by atoms with Gasteiger partial charge in [0.15, 0.2) is 5.43 Å². The molecular formula is C26H35N3O4. The summed E-state index contributed by atoms with van der Waals surface area (Å²) in [5.41, 5.74) is 1.76. The van der Waals surface area contributed by atoms with Crippen LogP contribution in [-0.2, 0) is 11.3 Å². The van der Waals surface area contributed by atoms with Crippen molar-refractivity contribution in [2.24, 2.45) is 0 Å². The fourth-order valence-corrected chi connectivity index (χ4v) is 5.10. The van der Waals surface area contributed by atoms with Crippen LogP contribution >= 0.6 is 0 Å². The molecule has 1 saturated carbocycles. The number of hydrogen-bond donors (Lipinski definition) is 1. The zero-order valence-corrected chi connectivity index (χ0v) is 20.1. The van der Waals surface area contributed by atoms with Crippen LogP contribution in [0.2, 0.25) is 0 Å². The summed E-state index contributed by atoms with van der Waals surface area (Å²) in [5, 5.41) is 0. The lowest BCUT2D eigenvalue weighted by Crippen LogP contribution is -2.62. The molecule has 2 aliphatic rings. The Kier molecular flexibility index (Phi) is 6.52. The van der Waals surface area contributed by atoms with Gasteiger partial charge in [0.2, 0.25) is 0 Å². The number of rotatable bonds is 4. The van der Waals surface area contributed by atoms with Gasteiger partial charge in [0.1, 0.15) is 11.4 Å². The normalized spacial score (nSPS) is 18.5. The minimum Gasteiger partial charge on any atom is -0.496 e. The molecule has 0 unspecified atom stereocenters. The maximum Gasteiger partial charge on any atom is 0.410 e. The maximum atomic E-state index is 13.0. The fraction of sp³-hybridized carbons (Fsp3) is 0.538. The number of benzene rings is 1. The van der Waals surface area contributed by atoms with Gasteiger partial charge in [-0.25, -0.2) is 4.79 Å². The summed E-state index contributed by atoms with van der Waals surface area (Å²) in [6, 6.07) is 9.32. The SMILES string of the molecule is COc1ccccc1-c1cc(=O)c(CN2CCN(C(=O)OC(C)(C)C)CC23CCCC3)c[nH]1. The monoisotopic (exact) mass is 453 g/mol. The number of piperazine rings is 1. The molecule has 7 heteroatoms. The van der Waals surface area contributed by atoms with Crippen molar-refractivity contribution in [3.63, 3.8) is 0 Å². The van der Waals surface area contributed by atoms with Crippen molar-refractivity contribution >= 4 is 6.09 Å². The van der Waals surface area contributed by atoms with Crippen LogP contribution in [0.1, 0.15) is 52.0 Å². The van der Waals surface area contributed by atoms with Crippen LogP contribution in [-0.4, -0.2) is 58.8 Å². The first-order valence-electron chi connectivity index (χ1n) is 11.8. The molecule has 0 radical (unpaired) electrons. The number of hydrogen-bond acceptors (Lipinski definition) is 5. The number of ether oxygens (including phenoxy) is 2. The van der Waals surface area contributed by atoms with Crippen molar-refractivity contribution in [2.75, 3.05) is 26.7 Å². The van der Waals surface area contributed by atoms with E-state index in [-0.39, 0.29) is 17.1 Å². The number of carbonyl (C=O) groups excluding carboxylic acids is 1. The lowest BCUT2D eigenvalue weighted by Gasteiger charge is -2.49. The highest BCUT2D eigenvalue weighted by Crippen LogP contribution is 2.39. The second-order valence-corrected chi connectivity index (χ2v) is 10.2. The van der Waals surface area contributed by atoms with Gasteiger partial charge in [-0.3, -0.25) is 9.69 Å². The largest absolute Gasteiger partial charge is 0.496 e. The zero-order valence-electron chi connectivity index (χ0n) is 20.1. The molecule has 1 aliphatic heterocycles. The van der Waals surface area contributed by atoms with Crippen molar-refractivity contribution in [2.45, 2.75) is 64.1 Å². The van der Waals surface area contributed by atoms with E-state index in [1.54, 1.807) is 13.2 Å². The molecular weight excluding hydrogens is 418 g/mol. The van der Waals surface area contributed by atoms with E-state index in [1.165, 1.54) is 0 Å². The number of H-pyrrole nitrogens is 1. The molecule has 178 valence electrons. The Hall–Kier alpha value is -2.80. The second-order valence-electron chi connectivity index (χ2n) is 10.2. The highest BCUT2D eigenvalue weighted by atomic mass is 16.6. The zero-order chi connectivity index (χ0) is 23.6. The van der Waals surface area contributed by atoms with Crippen molar-refractivity contribution in [3.05, 3.63) is 52.3 Å². The van der Waals surface area contributed by atoms with Crippen LogP contribution < -0.4 is 10.2 Å². The average Bonchev–Trinajstić information content (AvgIpc) is 3.24. The summed E-state index contributed by atoms with van der Waals surface area (Å²) in [7, 11) is 1.63. The topological polar surface area (TPSA) is 74.9 Å². The van der Waals surface area contributed by atoms with Crippen LogP contribution in [0.3, 0.4) is 0 Å². The molecule has 2 fully saturated rings. The molecule has 4 rings (SSSR count). The summed E-state index contributed by atoms with van der Waals surface area (Å²) in [4.78, 5) is 33.3. The van der Waals surface area contributed by atoms with E-state index < -0.39 is 5.60 Å². The summed E-state index contributed by atoms with van der Waals surface area (Å²) in [6.45, 7) is 8.25. The van der Waals surface area contributed by atoms with Crippen LogP contribution in [0, 0.1) is 0 Å². The first kappa shape index (κ1) is 23.4. The van der Waals surface area contributed by atoms with Crippen LogP contribution in [0.15, 0.2) is 41.3 Å². The lowest BCUT2D eigenvalue weighted by molar-refractivity contribution is -0.0279. The predicted octanol–water partition coefficient (Wildman–Crippen LogP) is 4.42. The lowest BCUT2D eigenvalue weighted by atomic mass is 9.91. The molecule has 1 aliphatic carbocycles.